The molecular formula is C21H28N2O3S. The number of carbonyl (C=O) groups is 1. The van der Waals surface area contributed by atoms with Gasteiger partial charge in [-0.05, 0) is 56.5 Å². The van der Waals surface area contributed by atoms with Crippen LogP contribution in [-0.2, 0) is 21.4 Å². The molecule has 0 fully saturated rings. The van der Waals surface area contributed by atoms with Crippen LogP contribution in [0.4, 0.5) is 5.69 Å². The standard InChI is InChI=1S/C21H28N2O3S/c1-15-7-10-19(11-8-15)14-22(5)21(24)18(4)23(27(6,25)26)20-12-9-16(2)17(3)13-20/h7-13,18H,14H2,1-6H3/t18-/m0/s1. The summed E-state index contributed by atoms with van der Waals surface area (Å²) in [6.07, 6.45) is 1.13. The van der Waals surface area contributed by atoms with Gasteiger partial charge in [-0.25, -0.2) is 8.42 Å². The van der Waals surface area contributed by atoms with Crippen LogP contribution < -0.4 is 4.31 Å². The molecule has 27 heavy (non-hydrogen) atoms. The summed E-state index contributed by atoms with van der Waals surface area (Å²) in [7, 11) is -1.92. The van der Waals surface area contributed by atoms with Gasteiger partial charge in [0.25, 0.3) is 0 Å². The minimum absolute atomic E-state index is 0.251. The molecule has 2 aromatic carbocycles. The van der Waals surface area contributed by atoms with Gasteiger partial charge in [0.15, 0.2) is 0 Å². The molecule has 0 saturated carbocycles. The van der Waals surface area contributed by atoms with Crippen molar-refractivity contribution in [2.45, 2.75) is 40.3 Å². The van der Waals surface area contributed by atoms with E-state index in [0.29, 0.717) is 12.2 Å². The summed E-state index contributed by atoms with van der Waals surface area (Å²) < 4.78 is 26.1. The fourth-order valence-corrected chi connectivity index (χ4v) is 4.19. The lowest BCUT2D eigenvalue weighted by molar-refractivity contribution is -0.131. The molecule has 0 radical (unpaired) electrons. The van der Waals surface area contributed by atoms with E-state index in [1.54, 1.807) is 31.0 Å². The lowest BCUT2D eigenvalue weighted by atomic mass is 10.1. The molecule has 0 aliphatic carbocycles. The summed E-state index contributed by atoms with van der Waals surface area (Å²) >= 11 is 0. The highest BCUT2D eigenvalue weighted by molar-refractivity contribution is 7.92. The Hall–Kier alpha value is -2.34. The van der Waals surface area contributed by atoms with Gasteiger partial charge in [0.2, 0.25) is 15.9 Å². The van der Waals surface area contributed by atoms with Gasteiger partial charge in [-0.1, -0.05) is 35.9 Å². The van der Waals surface area contributed by atoms with E-state index in [-0.39, 0.29) is 5.91 Å². The van der Waals surface area contributed by atoms with Crippen molar-refractivity contribution in [3.8, 4) is 0 Å². The Bertz CT molecular complexity index is 921. The predicted molar refractivity (Wildman–Crippen MR) is 110 cm³/mol. The van der Waals surface area contributed by atoms with Crippen molar-refractivity contribution in [1.82, 2.24) is 4.90 Å². The summed E-state index contributed by atoms with van der Waals surface area (Å²) in [5.41, 5.74) is 4.71. The van der Waals surface area contributed by atoms with E-state index in [2.05, 4.69) is 0 Å². The van der Waals surface area contributed by atoms with Crippen LogP contribution in [0.2, 0.25) is 0 Å². The maximum Gasteiger partial charge on any atom is 0.246 e. The van der Waals surface area contributed by atoms with E-state index < -0.39 is 16.1 Å². The number of carbonyl (C=O) groups excluding carboxylic acids is 1. The Morgan fingerprint density at radius 2 is 1.59 bits per heavy atom. The van der Waals surface area contributed by atoms with Crippen molar-refractivity contribution in [3.05, 3.63) is 64.7 Å². The molecule has 146 valence electrons. The maximum atomic E-state index is 12.9. The molecule has 0 unspecified atom stereocenters. The second-order valence-electron chi connectivity index (χ2n) is 7.18. The molecule has 0 saturated heterocycles. The first-order valence-electron chi connectivity index (χ1n) is 8.88. The number of aryl methyl sites for hydroxylation is 3. The van der Waals surface area contributed by atoms with Gasteiger partial charge in [-0.15, -0.1) is 0 Å². The average molecular weight is 389 g/mol. The Kier molecular flexibility index (Phi) is 6.31. The minimum Gasteiger partial charge on any atom is -0.340 e. The van der Waals surface area contributed by atoms with Crippen molar-refractivity contribution >= 4 is 21.6 Å². The van der Waals surface area contributed by atoms with Crippen LogP contribution in [0.25, 0.3) is 0 Å². The van der Waals surface area contributed by atoms with Gasteiger partial charge in [0.05, 0.1) is 11.9 Å². The van der Waals surface area contributed by atoms with E-state index in [1.807, 2.05) is 51.1 Å². The Labute approximate surface area is 162 Å². The van der Waals surface area contributed by atoms with E-state index >= 15 is 0 Å². The third-order valence-corrected chi connectivity index (χ3v) is 5.97. The van der Waals surface area contributed by atoms with Crippen LogP contribution in [0.3, 0.4) is 0 Å². The highest BCUT2D eigenvalue weighted by atomic mass is 32.2. The number of likely N-dealkylation sites (N-methyl/N-ethyl adjacent to an activating group) is 1. The molecule has 0 N–H and O–H groups in total. The molecule has 0 aliphatic rings. The SMILES string of the molecule is Cc1ccc(CN(C)C(=O)[C@H](C)N(c2ccc(C)c(C)c2)S(C)(=O)=O)cc1. The van der Waals surface area contributed by atoms with Crippen LogP contribution in [-0.4, -0.2) is 38.6 Å². The van der Waals surface area contributed by atoms with Crippen molar-refractivity contribution in [1.29, 1.82) is 0 Å². The van der Waals surface area contributed by atoms with Crippen molar-refractivity contribution in [2.24, 2.45) is 0 Å². The number of hydrogen-bond donors (Lipinski definition) is 0. The second-order valence-corrected chi connectivity index (χ2v) is 9.04. The first kappa shape index (κ1) is 21.0. The largest absolute Gasteiger partial charge is 0.340 e. The number of anilines is 1. The van der Waals surface area contributed by atoms with Crippen LogP contribution in [0, 0.1) is 20.8 Å². The van der Waals surface area contributed by atoms with Gasteiger partial charge in [-0.3, -0.25) is 9.10 Å². The first-order valence-corrected chi connectivity index (χ1v) is 10.7. The summed E-state index contributed by atoms with van der Waals surface area (Å²) in [6.45, 7) is 7.95. The lowest BCUT2D eigenvalue weighted by Crippen LogP contribution is -2.48. The lowest BCUT2D eigenvalue weighted by Gasteiger charge is -2.31. The number of rotatable bonds is 6. The molecule has 6 heteroatoms. The van der Waals surface area contributed by atoms with E-state index in [0.717, 1.165) is 28.5 Å². The van der Waals surface area contributed by atoms with Crippen LogP contribution >= 0.6 is 0 Å². The fraction of sp³-hybridized carbons (Fsp3) is 0.381. The highest BCUT2D eigenvalue weighted by Gasteiger charge is 2.31. The Morgan fingerprint density at radius 1 is 1.00 bits per heavy atom. The van der Waals surface area contributed by atoms with Gasteiger partial charge in [-0.2, -0.15) is 0 Å². The van der Waals surface area contributed by atoms with Crippen molar-refractivity contribution in [2.75, 3.05) is 17.6 Å². The molecule has 0 aliphatic heterocycles. The molecule has 5 nitrogen and oxygen atoms in total. The number of nitrogens with zero attached hydrogens (tertiary/aromatic N) is 2. The Morgan fingerprint density at radius 3 is 2.11 bits per heavy atom. The molecule has 0 spiro atoms. The topological polar surface area (TPSA) is 57.7 Å². The van der Waals surface area contributed by atoms with Gasteiger partial charge >= 0.3 is 0 Å². The third-order valence-electron chi connectivity index (χ3n) is 4.73. The zero-order valence-corrected chi connectivity index (χ0v) is 17.7. The third kappa shape index (κ3) is 5.10. The molecule has 2 rings (SSSR count). The van der Waals surface area contributed by atoms with Gasteiger partial charge in [0.1, 0.15) is 6.04 Å². The monoisotopic (exact) mass is 388 g/mol. The molecule has 0 bridgehead atoms. The van der Waals surface area contributed by atoms with Crippen molar-refractivity contribution in [3.63, 3.8) is 0 Å². The van der Waals surface area contributed by atoms with Crippen LogP contribution in [0.5, 0.6) is 0 Å². The summed E-state index contributed by atoms with van der Waals surface area (Å²) in [5.74, 6) is -0.251. The van der Waals surface area contributed by atoms with Crippen LogP contribution in [0.1, 0.15) is 29.2 Å². The maximum absolute atomic E-state index is 12.9. The van der Waals surface area contributed by atoms with E-state index in [1.165, 1.54) is 4.31 Å². The van der Waals surface area contributed by atoms with Gasteiger partial charge < -0.3 is 4.90 Å². The zero-order valence-electron chi connectivity index (χ0n) is 16.9. The van der Waals surface area contributed by atoms with Crippen molar-refractivity contribution < 1.29 is 13.2 Å². The summed E-state index contributed by atoms with van der Waals surface area (Å²) in [4.78, 5) is 14.5. The fourth-order valence-electron chi connectivity index (χ4n) is 3.03. The number of hydrogen-bond acceptors (Lipinski definition) is 3. The normalized spacial score (nSPS) is 12.5. The second kappa shape index (κ2) is 8.13. The molecule has 1 atom stereocenters. The minimum atomic E-state index is -3.62. The number of benzene rings is 2. The molecule has 0 heterocycles. The van der Waals surface area contributed by atoms with E-state index in [9.17, 15) is 13.2 Å². The number of amides is 1. The quantitative estimate of drug-likeness (QED) is 0.762. The van der Waals surface area contributed by atoms with Crippen LogP contribution in [0.15, 0.2) is 42.5 Å². The van der Waals surface area contributed by atoms with E-state index in [4.69, 9.17) is 0 Å². The molecular weight excluding hydrogens is 360 g/mol. The highest BCUT2D eigenvalue weighted by Crippen LogP contribution is 2.24. The molecule has 0 aromatic heterocycles. The zero-order chi connectivity index (χ0) is 20.4. The number of sulfonamides is 1. The van der Waals surface area contributed by atoms with Gasteiger partial charge in [0, 0.05) is 13.6 Å². The summed E-state index contributed by atoms with van der Waals surface area (Å²) in [6, 6.07) is 12.5. The average Bonchev–Trinajstić information content (AvgIpc) is 2.58. The summed E-state index contributed by atoms with van der Waals surface area (Å²) in [5, 5.41) is 0. The smallest absolute Gasteiger partial charge is 0.246 e. The predicted octanol–water partition coefficient (Wildman–Crippen LogP) is 3.42. The Balaban J connectivity index is 2.28. The first-order chi connectivity index (χ1) is 12.5. The molecule has 1 amide bonds. The molecule has 2 aromatic rings.